The molecule has 31 heavy (non-hydrogen) atoms. The van der Waals surface area contributed by atoms with Crippen LogP contribution in [0.3, 0.4) is 0 Å². The molecule has 0 spiro atoms. The van der Waals surface area contributed by atoms with E-state index in [0.717, 1.165) is 36.1 Å². The fourth-order valence-electron chi connectivity index (χ4n) is 4.04. The molecule has 0 unspecified atom stereocenters. The standard InChI is InChI=1S/C23H22F3N3O2/c1-14-2-6-19-17(12-14)21(28-8-10-29(11-9-28)22(30)15-3-4-15)27-18-13-16(23(24,25)26)5-7-20(18)31-19/h2,5-7,12-13,15H,3-4,8-11H2,1H3. The van der Waals surface area contributed by atoms with E-state index < -0.39 is 11.7 Å². The molecule has 1 saturated carbocycles. The molecule has 1 aliphatic carbocycles. The van der Waals surface area contributed by atoms with Crippen molar-refractivity contribution in [3.8, 4) is 11.5 Å². The number of carbonyl (C=O) groups is 1. The molecule has 162 valence electrons. The Morgan fingerprint density at radius 2 is 1.74 bits per heavy atom. The number of halogens is 3. The van der Waals surface area contributed by atoms with Crippen molar-refractivity contribution in [1.82, 2.24) is 9.80 Å². The van der Waals surface area contributed by atoms with Gasteiger partial charge in [0.05, 0.1) is 11.1 Å². The van der Waals surface area contributed by atoms with E-state index in [2.05, 4.69) is 4.99 Å². The summed E-state index contributed by atoms with van der Waals surface area (Å²) in [5.41, 5.74) is 1.13. The number of hydrogen-bond donors (Lipinski definition) is 0. The fourth-order valence-corrected chi connectivity index (χ4v) is 4.04. The second-order valence-electron chi connectivity index (χ2n) is 8.30. The van der Waals surface area contributed by atoms with Gasteiger partial charge < -0.3 is 14.5 Å². The highest BCUT2D eigenvalue weighted by molar-refractivity contribution is 6.04. The van der Waals surface area contributed by atoms with Gasteiger partial charge in [0.1, 0.15) is 17.3 Å². The van der Waals surface area contributed by atoms with Crippen molar-refractivity contribution in [3.05, 3.63) is 53.1 Å². The highest BCUT2D eigenvalue weighted by Crippen LogP contribution is 2.42. The summed E-state index contributed by atoms with van der Waals surface area (Å²) in [5.74, 6) is 1.80. The molecule has 2 fully saturated rings. The number of aliphatic imine (C=N–C) groups is 1. The number of carbonyl (C=O) groups excluding carboxylic acids is 1. The number of rotatable bonds is 1. The third-order valence-electron chi connectivity index (χ3n) is 5.93. The molecule has 5 nitrogen and oxygen atoms in total. The highest BCUT2D eigenvalue weighted by atomic mass is 19.4. The van der Waals surface area contributed by atoms with Crippen LogP contribution >= 0.6 is 0 Å². The van der Waals surface area contributed by atoms with Gasteiger partial charge in [-0.25, -0.2) is 4.99 Å². The Morgan fingerprint density at radius 3 is 2.42 bits per heavy atom. The lowest BCUT2D eigenvalue weighted by Crippen LogP contribution is -2.51. The van der Waals surface area contributed by atoms with Gasteiger partial charge >= 0.3 is 6.18 Å². The molecule has 2 aromatic carbocycles. The maximum atomic E-state index is 13.3. The predicted molar refractivity (Wildman–Crippen MR) is 110 cm³/mol. The Bertz CT molecular complexity index is 1070. The predicted octanol–water partition coefficient (Wildman–Crippen LogP) is 4.75. The molecular formula is C23H22F3N3O2. The highest BCUT2D eigenvalue weighted by Gasteiger charge is 2.36. The molecule has 0 aromatic heterocycles. The lowest BCUT2D eigenvalue weighted by molar-refractivity contribution is -0.137. The zero-order chi connectivity index (χ0) is 21.8. The van der Waals surface area contributed by atoms with E-state index in [-0.39, 0.29) is 23.3 Å². The minimum absolute atomic E-state index is 0.148. The monoisotopic (exact) mass is 429 g/mol. The van der Waals surface area contributed by atoms with Crippen LogP contribution in [0.15, 0.2) is 41.4 Å². The summed E-state index contributed by atoms with van der Waals surface area (Å²) in [5, 5.41) is 0. The number of nitrogens with zero attached hydrogens (tertiary/aromatic N) is 3. The van der Waals surface area contributed by atoms with Crippen LogP contribution < -0.4 is 4.74 Å². The maximum absolute atomic E-state index is 13.3. The van der Waals surface area contributed by atoms with E-state index in [4.69, 9.17) is 4.74 Å². The Morgan fingerprint density at radius 1 is 1.03 bits per heavy atom. The topological polar surface area (TPSA) is 45.1 Å². The summed E-state index contributed by atoms with van der Waals surface area (Å²) in [6, 6.07) is 9.01. The lowest BCUT2D eigenvalue weighted by Gasteiger charge is -2.36. The van der Waals surface area contributed by atoms with Crippen molar-refractivity contribution in [3.63, 3.8) is 0 Å². The van der Waals surface area contributed by atoms with Gasteiger partial charge in [0.15, 0.2) is 5.75 Å². The van der Waals surface area contributed by atoms with E-state index in [1.807, 2.05) is 34.9 Å². The molecule has 1 amide bonds. The van der Waals surface area contributed by atoms with Crippen LogP contribution in [-0.2, 0) is 11.0 Å². The molecule has 2 heterocycles. The van der Waals surface area contributed by atoms with Gasteiger partial charge in [0.2, 0.25) is 5.91 Å². The number of hydrogen-bond acceptors (Lipinski definition) is 4. The molecule has 8 heteroatoms. The number of ether oxygens (including phenoxy) is 1. The summed E-state index contributed by atoms with van der Waals surface area (Å²) in [6.45, 7) is 4.24. The first-order valence-corrected chi connectivity index (χ1v) is 10.4. The van der Waals surface area contributed by atoms with Crippen LogP contribution in [0.2, 0.25) is 0 Å². The first kappa shape index (κ1) is 19.9. The van der Waals surface area contributed by atoms with Crippen LogP contribution in [0, 0.1) is 12.8 Å². The fraction of sp³-hybridized carbons (Fsp3) is 0.391. The molecule has 5 rings (SSSR count). The van der Waals surface area contributed by atoms with Crippen molar-refractivity contribution in [2.75, 3.05) is 26.2 Å². The van der Waals surface area contributed by atoms with Crippen LogP contribution in [-0.4, -0.2) is 47.7 Å². The third-order valence-corrected chi connectivity index (χ3v) is 5.93. The first-order chi connectivity index (χ1) is 14.8. The Labute approximate surface area is 178 Å². The average Bonchev–Trinajstić information content (AvgIpc) is 3.59. The second-order valence-corrected chi connectivity index (χ2v) is 8.30. The van der Waals surface area contributed by atoms with Gasteiger partial charge in [-0.05, 0) is 50.1 Å². The number of fused-ring (bicyclic) bond motifs is 2. The first-order valence-electron chi connectivity index (χ1n) is 10.4. The number of amidine groups is 1. The Kier molecular flexibility index (Phi) is 4.68. The molecule has 0 atom stereocenters. The normalized spacial score (nSPS) is 18.5. The van der Waals surface area contributed by atoms with Gasteiger partial charge in [-0.1, -0.05) is 11.6 Å². The van der Waals surface area contributed by atoms with Crippen molar-refractivity contribution >= 4 is 17.4 Å². The Hall–Kier alpha value is -3.03. The number of benzene rings is 2. The number of piperazine rings is 1. The van der Waals surface area contributed by atoms with Gasteiger partial charge in [0, 0.05) is 32.1 Å². The lowest BCUT2D eigenvalue weighted by atomic mass is 10.1. The van der Waals surface area contributed by atoms with E-state index in [1.165, 1.54) is 6.07 Å². The molecule has 2 aromatic rings. The van der Waals surface area contributed by atoms with Crippen LogP contribution in [0.1, 0.15) is 29.5 Å². The van der Waals surface area contributed by atoms with E-state index >= 15 is 0 Å². The maximum Gasteiger partial charge on any atom is 0.416 e. The number of amides is 1. The zero-order valence-corrected chi connectivity index (χ0v) is 17.1. The SMILES string of the molecule is Cc1ccc2c(c1)C(N1CCN(C(=O)C3CC3)CC1)=Nc1cc(C(F)(F)F)ccc1O2. The number of alkyl halides is 3. The van der Waals surface area contributed by atoms with Gasteiger partial charge in [-0.3, -0.25) is 4.79 Å². The average molecular weight is 429 g/mol. The molecule has 0 N–H and O–H groups in total. The van der Waals surface area contributed by atoms with Crippen LogP contribution in [0.5, 0.6) is 11.5 Å². The molecule has 3 aliphatic rings. The minimum atomic E-state index is -4.46. The molecular weight excluding hydrogens is 407 g/mol. The zero-order valence-electron chi connectivity index (χ0n) is 17.1. The van der Waals surface area contributed by atoms with E-state index in [9.17, 15) is 18.0 Å². The summed E-state index contributed by atoms with van der Waals surface area (Å²) in [6.07, 6.45) is -2.53. The molecule has 0 radical (unpaired) electrons. The molecule has 0 bridgehead atoms. The summed E-state index contributed by atoms with van der Waals surface area (Å²) >= 11 is 0. The quantitative estimate of drug-likeness (QED) is 0.657. The van der Waals surface area contributed by atoms with Gasteiger partial charge in [0.25, 0.3) is 0 Å². The number of aryl methyl sites for hydroxylation is 1. The second kappa shape index (κ2) is 7.28. The summed E-state index contributed by atoms with van der Waals surface area (Å²) < 4.78 is 45.8. The van der Waals surface area contributed by atoms with E-state index in [1.54, 1.807) is 0 Å². The smallest absolute Gasteiger partial charge is 0.416 e. The van der Waals surface area contributed by atoms with Crippen LogP contribution in [0.4, 0.5) is 18.9 Å². The van der Waals surface area contributed by atoms with Crippen molar-refractivity contribution in [2.24, 2.45) is 10.9 Å². The Balaban J connectivity index is 1.51. The molecule has 1 saturated heterocycles. The van der Waals surface area contributed by atoms with Crippen molar-refractivity contribution < 1.29 is 22.7 Å². The largest absolute Gasteiger partial charge is 0.454 e. The minimum Gasteiger partial charge on any atom is -0.454 e. The molecule has 2 aliphatic heterocycles. The van der Waals surface area contributed by atoms with Crippen molar-refractivity contribution in [2.45, 2.75) is 25.9 Å². The van der Waals surface area contributed by atoms with Crippen molar-refractivity contribution in [1.29, 1.82) is 0 Å². The van der Waals surface area contributed by atoms with Crippen LogP contribution in [0.25, 0.3) is 0 Å². The van der Waals surface area contributed by atoms with Gasteiger partial charge in [-0.2, -0.15) is 13.2 Å². The van der Waals surface area contributed by atoms with E-state index in [0.29, 0.717) is 37.8 Å². The summed E-state index contributed by atoms with van der Waals surface area (Å²) in [7, 11) is 0. The summed E-state index contributed by atoms with van der Waals surface area (Å²) in [4.78, 5) is 21.0. The van der Waals surface area contributed by atoms with Gasteiger partial charge in [-0.15, -0.1) is 0 Å². The third kappa shape index (κ3) is 3.86.